The van der Waals surface area contributed by atoms with Gasteiger partial charge in [0.2, 0.25) is 11.8 Å². The number of hydrogen-bond acceptors (Lipinski definition) is 6. The zero-order chi connectivity index (χ0) is 35.2. The minimum absolute atomic E-state index is 0.0110. The van der Waals surface area contributed by atoms with Gasteiger partial charge in [0, 0.05) is 97.8 Å². The third-order valence-corrected chi connectivity index (χ3v) is 12.3. The predicted octanol–water partition coefficient (Wildman–Crippen LogP) is 4.87. The molecular formula is C38H40F3N7O3. The van der Waals surface area contributed by atoms with Crippen molar-refractivity contribution in [3.63, 3.8) is 0 Å². The third-order valence-electron chi connectivity index (χ3n) is 12.3. The van der Waals surface area contributed by atoms with Gasteiger partial charge in [-0.1, -0.05) is 19.1 Å². The maximum Gasteiger partial charge on any atom is 0.258 e. The van der Waals surface area contributed by atoms with Crippen LogP contribution in [0, 0.1) is 23.1 Å². The normalized spacial score (nSPS) is 27.4. The molecule has 5 aliphatic rings. The standard InChI is InChI=1S/C38H40F3N7O3/c1-37-18-31-27(17-32(37)38(37,40)41)34(45-44-31)30-15-23-14-28(39)26(16-29(23)42-30)36(51)47-12-10-46(11-13-47)19-21-8-9-48(20-21)24-4-2-22(3-5-24)25-6-7-33(49)43-35(25)50/h2-5,14-16,21,25,32,42H,6-13,17-20H2,1H3,(H,44,45)(H,43,49,50)/t21-,25?,32-,37+/m0/s1. The first kappa shape index (κ1) is 32.3. The molecule has 2 aromatic carbocycles. The number of H-pyrrole nitrogens is 2. The quantitative estimate of drug-likeness (QED) is 0.248. The number of aromatic nitrogens is 3. The van der Waals surface area contributed by atoms with Gasteiger partial charge in [0.1, 0.15) is 11.5 Å². The van der Waals surface area contributed by atoms with Crippen LogP contribution in [0.5, 0.6) is 0 Å². The Morgan fingerprint density at radius 3 is 2.57 bits per heavy atom. The first-order valence-corrected chi connectivity index (χ1v) is 18.0. The number of rotatable bonds is 6. The fourth-order valence-corrected chi connectivity index (χ4v) is 9.09. The number of aromatic amines is 2. The first-order valence-electron chi connectivity index (χ1n) is 18.0. The number of piperidine rings is 1. The van der Waals surface area contributed by atoms with Crippen LogP contribution in [0.1, 0.15) is 59.3 Å². The molecule has 0 spiro atoms. The van der Waals surface area contributed by atoms with Crippen molar-refractivity contribution in [1.82, 2.24) is 30.3 Å². The number of benzene rings is 2. The lowest BCUT2D eigenvalue weighted by Crippen LogP contribution is -2.50. The average molecular weight is 700 g/mol. The van der Waals surface area contributed by atoms with E-state index in [1.54, 1.807) is 24.0 Å². The monoisotopic (exact) mass is 699 g/mol. The van der Waals surface area contributed by atoms with Gasteiger partial charge in [-0.25, -0.2) is 13.2 Å². The number of hydrogen-bond donors (Lipinski definition) is 3. The number of amides is 3. The molecule has 266 valence electrons. The first-order chi connectivity index (χ1) is 24.5. The van der Waals surface area contributed by atoms with Crippen molar-refractivity contribution in [3.8, 4) is 11.4 Å². The SMILES string of the molecule is C[C@@]12Cc3[nH]nc(-c4cc5cc(F)c(C(=O)N6CCN(C[C@@H]7CCN(c8ccc(C9CCC(=O)NC9=O)cc8)C7)CC6)cc5[nH]4)c3C[C@@H]1C2(F)F. The summed E-state index contributed by atoms with van der Waals surface area (Å²) in [6.07, 6.45) is 2.45. The lowest BCUT2D eigenvalue weighted by atomic mass is 9.87. The third kappa shape index (κ3) is 5.34. The van der Waals surface area contributed by atoms with E-state index in [2.05, 4.69) is 42.4 Å². The molecule has 4 atom stereocenters. The molecule has 3 amide bonds. The molecule has 1 saturated carbocycles. The van der Waals surface area contributed by atoms with Gasteiger partial charge in [-0.3, -0.25) is 29.7 Å². The van der Waals surface area contributed by atoms with E-state index < -0.39 is 23.1 Å². The van der Waals surface area contributed by atoms with Gasteiger partial charge in [0.15, 0.2) is 0 Å². The number of carbonyl (C=O) groups is 3. The van der Waals surface area contributed by atoms with Crippen LogP contribution in [0.4, 0.5) is 18.9 Å². The van der Waals surface area contributed by atoms with Gasteiger partial charge in [-0.2, -0.15) is 5.10 Å². The Kier molecular flexibility index (Phi) is 7.40. The lowest BCUT2D eigenvalue weighted by molar-refractivity contribution is -0.134. The van der Waals surface area contributed by atoms with Gasteiger partial charge < -0.3 is 14.8 Å². The molecular weight excluding hydrogens is 659 g/mol. The Labute approximate surface area is 292 Å². The summed E-state index contributed by atoms with van der Waals surface area (Å²) in [6, 6.07) is 12.8. The zero-order valence-electron chi connectivity index (χ0n) is 28.4. The minimum atomic E-state index is -2.69. The number of nitrogens with zero attached hydrogens (tertiary/aromatic N) is 4. The van der Waals surface area contributed by atoms with Gasteiger partial charge in [-0.15, -0.1) is 0 Å². The van der Waals surface area contributed by atoms with E-state index in [0.717, 1.165) is 48.6 Å². The second-order valence-corrected chi connectivity index (χ2v) is 15.4. The molecule has 3 saturated heterocycles. The zero-order valence-corrected chi connectivity index (χ0v) is 28.4. The number of imide groups is 1. The minimum Gasteiger partial charge on any atom is -0.371 e. The van der Waals surface area contributed by atoms with E-state index in [4.69, 9.17) is 0 Å². The van der Waals surface area contributed by atoms with Crippen molar-refractivity contribution in [2.45, 2.75) is 50.9 Å². The predicted molar refractivity (Wildman–Crippen MR) is 184 cm³/mol. The van der Waals surface area contributed by atoms with Crippen LogP contribution >= 0.6 is 0 Å². The number of fused-ring (bicyclic) bond motifs is 3. The molecule has 2 aliphatic carbocycles. The van der Waals surface area contributed by atoms with Gasteiger partial charge in [0.25, 0.3) is 11.8 Å². The second kappa shape index (κ2) is 11.7. The summed E-state index contributed by atoms with van der Waals surface area (Å²) in [6.45, 7) is 6.86. The molecule has 4 aromatic rings. The van der Waals surface area contributed by atoms with Crippen LogP contribution in [0.2, 0.25) is 0 Å². The Morgan fingerprint density at radius 1 is 1.02 bits per heavy atom. The van der Waals surface area contributed by atoms with Crippen molar-refractivity contribution in [2.24, 2.45) is 17.3 Å². The summed E-state index contributed by atoms with van der Waals surface area (Å²) in [5.41, 5.74) is 4.33. The average Bonchev–Trinajstić information content (AvgIpc) is 3.70. The topological polar surface area (TPSA) is 117 Å². The van der Waals surface area contributed by atoms with E-state index in [0.29, 0.717) is 67.2 Å². The fraction of sp³-hybridized carbons (Fsp3) is 0.474. The number of anilines is 1. The van der Waals surface area contributed by atoms with E-state index >= 15 is 4.39 Å². The summed E-state index contributed by atoms with van der Waals surface area (Å²) in [5, 5.41) is 10.4. The van der Waals surface area contributed by atoms with Gasteiger partial charge in [0.05, 0.1) is 17.2 Å². The Hall–Kier alpha value is -4.65. The highest BCUT2D eigenvalue weighted by Gasteiger charge is 2.78. The van der Waals surface area contributed by atoms with Crippen molar-refractivity contribution in [1.29, 1.82) is 0 Å². The molecule has 13 heteroatoms. The fourth-order valence-electron chi connectivity index (χ4n) is 9.09. The smallest absolute Gasteiger partial charge is 0.258 e. The Bertz CT molecular complexity index is 2070. The summed E-state index contributed by atoms with van der Waals surface area (Å²) in [5.74, 6) is -4.57. The Balaban J connectivity index is 0.803. The second-order valence-electron chi connectivity index (χ2n) is 15.4. The molecule has 0 bridgehead atoms. The number of carbonyl (C=O) groups excluding carboxylic acids is 3. The van der Waals surface area contributed by atoms with E-state index in [1.807, 2.05) is 12.1 Å². The van der Waals surface area contributed by atoms with Crippen molar-refractivity contribution >= 4 is 34.3 Å². The maximum absolute atomic E-state index is 15.4. The molecule has 5 heterocycles. The van der Waals surface area contributed by atoms with E-state index in [9.17, 15) is 23.2 Å². The molecule has 51 heavy (non-hydrogen) atoms. The van der Waals surface area contributed by atoms with Crippen molar-refractivity contribution in [3.05, 3.63) is 70.7 Å². The van der Waals surface area contributed by atoms with E-state index in [1.165, 1.54) is 6.07 Å². The molecule has 3 N–H and O–H groups in total. The van der Waals surface area contributed by atoms with Crippen molar-refractivity contribution in [2.75, 3.05) is 50.7 Å². The summed E-state index contributed by atoms with van der Waals surface area (Å²) in [7, 11) is 0. The maximum atomic E-state index is 15.4. The number of piperazine rings is 1. The number of nitrogens with one attached hydrogen (secondary N) is 3. The van der Waals surface area contributed by atoms with Crippen LogP contribution in [-0.2, 0) is 22.4 Å². The molecule has 1 unspecified atom stereocenters. The van der Waals surface area contributed by atoms with Crippen LogP contribution in [0.25, 0.3) is 22.3 Å². The van der Waals surface area contributed by atoms with Gasteiger partial charge in [-0.05, 0) is 61.1 Å². The molecule has 2 aromatic heterocycles. The largest absolute Gasteiger partial charge is 0.371 e. The molecule has 4 fully saturated rings. The highest BCUT2D eigenvalue weighted by Crippen LogP contribution is 2.70. The number of halogens is 3. The Morgan fingerprint density at radius 2 is 1.80 bits per heavy atom. The van der Waals surface area contributed by atoms with Crippen LogP contribution in [-0.4, -0.2) is 94.4 Å². The summed E-state index contributed by atoms with van der Waals surface area (Å²) >= 11 is 0. The van der Waals surface area contributed by atoms with Crippen LogP contribution < -0.4 is 10.2 Å². The highest BCUT2D eigenvalue weighted by molar-refractivity contribution is 6.01. The van der Waals surface area contributed by atoms with Crippen LogP contribution in [0.3, 0.4) is 0 Å². The van der Waals surface area contributed by atoms with Gasteiger partial charge >= 0.3 is 0 Å². The molecule has 10 nitrogen and oxygen atoms in total. The van der Waals surface area contributed by atoms with E-state index in [-0.39, 0.29) is 42.0 Å². The van der Waals surface area contributed by atoms with Crippen molar-refractivity contribution < 1.29 is 27.6 Å². The summed E-state index contributed by atoms with van der Waals surface area (Å²) < 4.78 is 44.3. The summed E-state index contributed by atoms with van der Waals surface area (Å²) in [4.78, 5) is 47.1. The number of alkyl halides is 2. The molecule has 9 rings (SSSR count). The van der Waals surface area contributed by atoms with Crippen LogP contribution in [0.15, 0.2) is 42.5 Å². The highest BCUT2D eigenvalue weighted by atomic mass is 19.3. The molecule has 0 radical (unpaired) electrons. The lowest BCUT2D eigenvalue weighted by Gasteiger charge is -2.36. The molecule has 3 aliphatic heterocycles.